The van der Waals surface area contributed by atoms with E-state index in [1.807, 2.05) is 0 Å². The molecule has 2 heterocycles. The molecule has 356 valence electrons. The number of ether oxygens (including phenoxy) is 4. The smallest absolute Gasteiger partial charge is 0.407 e. The van der Waals surface area contributed by atoms with Crippen LogP contribution in [0.25, 0.3) is 32.7 Å². The van der Waals surface area contributed by atoms with E-state index in [1.54, 1.807) is 119 Å². The van der Waals surface area contributed by atoms with Gasteiger partial charge >= 0.3 is 12.1 Å². The quantitative estimate of drug-likeness (QED) is 0.0794. The van der Waals surface area contributed by atoms with Gasteiger partial charge in [-0.1, -0.05) is 65.9 Å². The summed E-state index contributed by atoms with van der Waals surface area (Å²) in [7, 11) is -5.03. The molecular weight excluding hydrogens is 935 g/mol. The molecule has 4 N–H and O–H groups in total. The van der Waals surface area contributed by atoms with Gasteiger partial charge in [-0.15, -0.1) is 10.2 Å². The molecule has 0 saturated heterocycles. The average Bonchev–Trinajstić information content (AvgIpc) is 3.94. The molecule has 0 aliphatic carbocycles. The molecule has 19 nitrogen and oxygen atoms in total. The summed E-state index contributed by atoms with van der Waals surface area (Å²) in [6.07, 6.45) is -0.860. The number of tetrazole rings is 1. The summed E-state index contributed by atoms with van der Waals surface area (Å²) in [4.78, 5) is 29.3. The van der Waals surface area contributed by atoms with Gasteiger partial charge in [0.15, 0.2) is 15.0 Å². The lowest BCUT2D eigenvalue weighted by molar-refractivity contribution is 0.0531. The molecule has 5 aromatic carbocycles. The van der Waals surface area contributed by atoms with Crippen molar-refractivity contribution in [2.75, 3.05) is 38.9 Å². The number of rotatable bonds is 18. The van der Waals surface area contributed by atoms with Gasteiger partial charge in [0.1, 0.15) is 27.7 Å². The molecule has 0 saturated carbocycles. The summed E-state index contributed by atoms with van der Waals surface area (Å²) < 4.78 is 85.0. The number of sulfonamides is 1. The molecule has 2 aromatic heterocycles. The Balaban J connectivity index is 1.49. The zero-order chi connectivity index (χ0) is 48.8. The monoisotopic (exact) mass is 983 g/mol. The lowest BCUT2D eigenvalue weighted by atomic mass is 9.98. The minimum atomic E-state index is -4.98. The van der Waals surface area contributed by atoms with Gasteiger partial charge < -0.3 is 30.0 Å². The highest BCUT2D eigenvalue weighted by Crippen LogP contribution is 2.44. The number of hydrogen-bond acceptors (Lipinski definition) is 15. The van der Waals surface area contributed by atoms with Crippen LogP contribution in [0.3, 0.4) is 0 Å². The molecule has 68 heavy (non-hydrogen) atoms. The molecule has 0 bridgehead atoms. The number of carbonyl (C=O) groups excluding carboxylic acids is 2. The second kappa shape index (κ2) is 20.4. The first-order valence-corrected chi connectivity index (χ1v) is 24.8. The predicted molar refractivity (Wildman–Crippen MR) is 256 cm³/mol. The van der Waals surface area contributed by atoms with Crippen LogP contribution in [0.4, 0.5) is 14.7 Å². The largest absolute Gasteiger partial charge is 0.497 e. The third-order valence-electron chi connectivity index (χ3n) is 10.2. The number of para-hydroxylation sites is 1. The number of thiazole rings is 1. The van der Waals surface area contributed by atoms with Gasteiger partial charge in [-0.25, -0.2) is 31.4 Å². The maximum Gasteiger partial charge on any atom is 0.407 e. The van der Waals surface area contributed by atoms with Crippen LogP contribution in [0.2, 0.25) is 0 Å². The summed E-state index contributed by atoms with van der Waals surface area (Å²) >= 11 is 1.12. The highest BCUT2D eigenvalue weighted by molar-refractivity contribution is 7.93. The van der Waals surface area contributed by atoms with E-state index in [9.17, 15) is 18.0 Å². The van der Waals surface area contributed by atoms with Crippen molar-refractivity contribution < 1.29 is 45.4 Å². The molecule has 22 heteroatoms. The average molecular weight is 984 g/mol. The van der Waals surface area contributed by atoms with Crippen molar-refractivity contribution in [1.29, 1.82) is 0 Å². The number of amides is 3. The van der Waals surface area contributed by atoms with Crippen LogP contribution in [-0.4, -0.2) is 97.7 Å². The number of sulfone groups is 1. The number of nitrogens with two attached hydrogens (primary N) is 1. The maximum atomic E-state index is 16.1. The molecule has 0 unspecified atom stereocenters. The number of nitrogens with zero attached hydrogens (tertiary/aromatic N) is 6. The number of fused-ring (bicyclic) bond motifs is 1. The van der Waals surface area contributed by atoms with Crippen molar-refractivity contribution >= 4 is 58.7 Å². The van der Waals surface area contributed by atoms with Crippen molar-refractivity contribution in [3.63, 3.8) is 0 Å². The lowest BCUT2D eigenvalue weighted by Crippen LogP contribution is -2.35. The van der Waals surface area contributed by atoms with Crippen molar-refractivity contribution in [3.8, 4) is 39.8 Å². The van der Waals surface area contributed by atoms with Gasteiger partial charge in [-0.2, -0.15) is 9.10 Å². The Morgan fingerprint density at radius 3 is 1.88 bits per heavy atom. The topological polar surface area (TPSA) is 249 Å². The fourth-order valence-electron chi connectivity index (χ4n) is 7.08. The first-order valence-electron chi connectivity index (χ1n) is 20.9. The Labute approximate surface area is 397 Å². The molecule has 7 rings (SSSR count). The zero-order valence-electron chi connectivity index (χ0n) is 37.9. The third-order valence-corrected chi connectivity index (χ3v) is 14.9. The van der Waals surface area contributed by atoms with Crippen LogP contribution < -0.4 is 30.6 Å². The fraction of sp³-hybridized carbons (Fsp3) is 0.261. The van der Waals surface area contributed by atoms with E-state index in [0.29, 0.717) is 44.2 Å². The van der Waals surface area contributed by atoms with E-state index in [1.165, 1.54) is 31.1 Å². The van der Waals surface area contributed by atoms with Crippen LogP contribution in [0, 0.1) is 0 Å². The fourth-order valence-corrected chi connectivity index (χ4v) is 11.6. The Morgan fingerprint density at radius 2 is 1.34 bits per heavy atom. The van der Waals surface area contributed by atoms with Crippen LogP contribution in [0.5, 0.6) is 17.2 Å². The summed E-state index contributed by atoms with van der Waals surface area (Å²) in [5.74, 6) is 0.740. The second-order valence-corrected chi connectivity index (χ2v) is 21.2. The van der Waals surface area contributed by atoms with Crippen LogP contribution in [0.15, 0.2) is 113 Å². The molecule has 0 aliphatic heterocycles. The molecule has 0 fully saturated rings. The van der Waals surface area contributed by atoms with Crippen LogP contribution in [0.1, 0.15) is 37.5 Å². The Hall–Kier alpha value is -7.14. The number of carbonyl (C=O) groups is 2. The van der Waals surface area contributed by atoms with Crippen molar-refractivity contribution in [2.45, 2.75) is 55.8 Å². The van der Waals surface area contributed by atoms with Crippen LogP contribution >= 0.6 is 11.3 Å². The maximum absolute atomic E-state index is 16.1. The van der Waals surface area contributed by atoms with E-state index in [0.717, 1.165) is 21.2 Å². The van der Waals surface area contributed by atoms with Gasteiger partial charge in [-0.05, 0) is 96.8 Å². The summed E-state index contributed by atoms with van der Waals surface area (Å²) in [5, 5.41) is 18.6. The third kappa shape index (κ3) is 11.5. The lowest BCUT2D eigenvalue weighted by Gasteiger charge is -2.26. The normalized spacial score (nSPS) is 11.9. The van der Waals surface area contributed by atoms with Gasteiger partial charge in [-0.3, -0.25) is 5.32 Å². The molecular formula is C46H49N9O10S3. The minimum Gasteiger partial charge on any atom is -0.497 e. The van der Waals surface area contributed by atoms with Gasteiger partial charge in [0.05, 0.1) is 54.3 Å². The van der Waals surface area contributed by atoms with Gasteiger partial charge in [0.2, 0.25) is 15.8 Å². The van der Waals surface area contributed by atoms with E-state index in [4.69, 9.17) is 29.8 Å². The zero-order valence-corrected chi connectivity index (χ0v) is 40.4. The first kappa shape index (κ1) is 48.8. The highest BCUT2D eigenvalue weighted by Gasteiger charge is 2.38. The van der Waals surface area contributed by atoms with Crippen molar-refractivity contribution in [2.24, 2.45) is 5.73 Å². The molecule has 7 aromatic rings. The van der Waals surface area contributed by atoms with Crippen LogP contribution in [-0.2, 0) is 44.2 Å². The Morgan fingerprint density at radius 1 is 0.765 bits per heavy atom. The number of primary amides is 1. The number of hydrogen-bond donors (Lipinski definition) is 3. The van der Waals surface area contributed by atoms with Gasteiger partial charge in [0, 0.05) is 25.2 Å². The van der Waals surface area contributed by atoms with Crippen molar-refractivity contribution in [3.05, 3.63) is 120 Å². The highest BCUT2D eigenvalue weighted by atomic mass is 32.2. The Kier molecular flexibility index (Phi) is 14.6. The van der Waals surface area contributed by atoms with E-state index >= 15 is 8.42 Å². The summed E-state index contributed by atoms with van der Waals surface area (Å²) in [6, 6.07) is 27.7. The molecule has 0 radical (unpaired) electrons. The molecule has 0 spiro atoms. The number of urea groups is 1. The van der Waals surface area contributed by atoms with Crippen molar-refractivity contribution in [1.82, 2.24) is 34.8 Å². The first-order chi connectivity index (χ1) is 32.4. The van der Waals surface area contributed by atoms with E-state index < -0.39 is 59.7 Å². The summed E-state index contributed by atoms with van der Waals surface area (Å²) in [6.45, 7) is 4.18. The SMILES string of the molecule is COc1ccc(CN(Cc2ccc(OC)cc2)S(=O)(=O)c2c(S(=O)(=O)CCNC(=O)OC(C)(C)C)ccc(-c3cccc4sc(NC(N)=O)nc34)c2-c2nnn(Cc3ccc(OC)cc3)n2)cc1. The number of nitrogens with one attached hydrogen (secondary N) is 2. The minimum absolute atomic E-state index is 0.0909. The molecule has 0 atom stereocenters. The van der Waals surface area contributed by atoms with Gasteiger partial charge in [0.25, 0.3) is 0 Å². The number of benzene rings is 5. The predicted octanol–water partition coefficient (Wildman–Crippen LogP) is 6.87. The standard InChI is InChI=1S/C46H49N9O10S3/c1-46(2,3)65-45(57)48-24-25-67(58,59)38-23-22-35(36-8-7-9-37-40(36)49-44(66-37)50-43(47)56)39(42-51-53-55(52-42)28-31-14-20-34(64-6)21-15-31)41(38)68(60,61)54(26-29-10-16-32(62-4)17-11-29)27-30-12-18-33(63-5)19-13-30/h7-23H,24-28H2,1-6H3,(H,48,57)(H3,47,49,50,56). The van der Waals surface area contributed by atoms with E-state index in [-0.39, 0.29) is 41.7 Å². The number of aromatic nitrogens is 5. The Bertz CT molecular complexity index is 3110. The second-order valence-electron chi connectivity index (χ2n) is 16.2. The molecule has 0 aliphatic rings. The number of alkyl carbamates (subject to hydrolysis) is 1. The number of anilines is 1. The summed E-state index contributed by atoms with van der Waals surface area (Å²) in [5.41, 5.74) is 7.09. The van der Waals surface area contributed by atoms with E-state index in [2.05, 4.69) is 25.9 Å². The number of methoxy groups -OCH3 is 3. The molecule has 3 amide bonds.